The van der Waals surface area contributed by atoms with E-state index < -0.39 is 84.1 Å². The lowest BCUT2D eigenvalue weighted by Crippen LogP contribution is -2.47. The lowest BCUT2D eigenvalue weighted by molar-refractivity contribution is -0.143. The summed E-state index contributed by atoms with van der Waals surface area (Å²) in [6.07, 6.45) is -9.76. The van der Waals surface area contributed by atoms with Crippen LogP contribution < -0.4 is 0 Å². The van der Waals surface area contributed by atoms with E-state index in [-0.39, 0.29) is 54.6 Å². The van der Waals surface area contributed by atoms with Crippen molar-refractivity contribution in [3.8, 4) is 0 Å². The molecule has 1 heterocycles. The topological polar surface area (TPSA) is 123 Å². The van der Waals surface area contributed by atoms with Crippen LogP contribution in [0.4, 0.5) is 26.3 Å². The molecule has 0 spiro atoms. The molecule has 0 unspecified atom stereocenters. The third-order valence-electron chi connectivity index (χ3n) is 8.03. The molecular weight excluding hydrogens is 672 g/mol. The Morgan fingerprint density at radius 1 is 0.711 bits per heavy atom. The largest absolute Gasteiger partial charge is 0.416 e. The van der Waals surface area contributed by atoms with Crippen LogP contribution in [-0.2, 0) is 41.9 Å². The lowest BCUT2D eigenvalue weighted by Gasteiger charge is -2.40. The van der Waals surface area contributed by atoms with Crippen molar-refractivity contribution in [2.75, 3.05) is 19.3 Å². The van der Waals surface area contributed by atoms with Crippen molar-refractivity contribution < 1.29 is 56.4 Å². The van der Waals surface area contributed by atoms with E-state index in [0.717, 1.165) is 24.5 Å². The minimum atomic E-state index is -5.25. The third kappa shape index (κ3) is 7.19. The lowest BCUT2D eigenvalue weighted by atomic mass is 9.85. The van der Waals surface area contributed by atoms with Gasteiger partial charge in [0.1, 0.15) is 0 Å². The average Bonchev–Trinajstić information content (AvgIpc) is 2.90. The van der Waals surface area contributed by atoms with Crippen LogP contribution >= 0.6 is 0 Å². The quantitative estimate of drug-likeness (QED) is 0.348. The van der Waals surface area contributed by atoms with E-state index in [1.807, 2.05) is 0 Å². The minimum Gasteiger partial charge on any atom is -0.339 e. The van der Waals surface area contributed by atoms with Gasteiger partial charge in [0, 0.05) is 19.3 Å². The molecule has 0 aliphatic carbocycles. The van der Waals surface area contributed by atoms with Gasteiger partial charge < -0.3 is 4.90 Å². The average molecular weight is 706 g/mol. The highest BCUT2D eigenvalue weighted by Crippen LogP contribution is 2.42. The molecule has 1 amide bonds. The molecule has 1 aliphatic rings. The van der Waals surface area contributed by atoms with E-state index in [9.17, 15) is 56.4 Å². The number of hydrogen-bond acceptors (Lipinski definition) is 7. The number of rotatable bonds is 6. The normalized spacial score (nSPS) is 16.6. The van der Waals surface area contributed by atoms with Gasteiger partial charge in [0.15, 0.2) is 29.5 Å². The summed E-state index contributed by atoms with van der Waals surface area (Å²) in [5, 5.41) is 0. The molecule has 1 saturated heterocycles. The Morgan fingerprint density at radius 2 is 1.18 bits per heavy atom. The number of amides is 1. The number of sulfone groups is 3. The van der Waals surface area contributed by atoms with Crippen LogP contribution in [0.3, 0.4) is 0 Å². The number of halogens is 6. The Kier molecular flexibility index (Phi) is 9.44. The SMILES string of the molecule is CC(C)(C)S(=O)(=O)c1ccc(C(=O)N2CCC(C(C)(C)S(=O)(=O)c3cc(C(F)(F)F)cc(C(F)(F)F)c3)CC2)c(S(C)(=O)=O)c1. The van der Waals surface area contributed by atoms with Gasteiger partial charge in [0.05, 0.1) is 40.9 Å². The van der Waals surface area contributed by atoms with Crippen LogP contribution in [0.2, 0.25) is 0 Å². The number of carbonyl (C=O) groups excluding carboxylic acids is 1. The summed E-state index contributed by atoms with van der Waals surface area (Å²) in [6, 6.07) is 3.29. The van der Waals surface area contributed by atoms with Crippen LogP contribution in [0.5, 0.6) is 0 Å². The first-order valence-electron chi connectivity index (χ1n) is 13.4. The van der Waals surface area contributed by atoms with Gasteiger partial charge in [0.2, 0.25) is 0 Å². The van der Waals surface area contributed by atoms with Crippen molar-refractivity contribution in [1.29, 1.82) is 0 Å². The first-order chi connectivity index (χ1) is 20.0. The van der Waals surface area contributed by atoms with Crippen molar-refractivity contribution >= 4 is 35.4 Å². The first-order valence-corrected chi connectivity index (χ1v) is 18.3. The van der Waals surface area contributed by atoms with Gasteiger partial charge in [0.25, 0.3) is 5.91 Å². The monoisotopic (exact) mass is 705 g/mol. The molecule has 252 valence electrons. The van der Waals surface area contributed by atoms with Crippen LogP contribution in [0.1, 0.15) is 68.9 Å². The minimum absolute atomic E-state index is 0.0340. The van der Waals surface area contributed by atoms with E-state index in [0.29, 0.717) is 0 Å². The molecule has 1 fully saturated rings. The van der Waals surface area contributed by atoms with Gasteiger partial charge in [-0.15, -0.1) is 0 Å². The molecule has 0 radical (unpaired) electrons. The number of hydrogen-bond donors (Lipinski definition) is 0. The molecule has 8 nitrogen and oxygen atoms in total. The molecule has 0 saturated carbocycles. The predicted octanol–water partition coefficient (Wildman–Crippen LogP) is 5.80. The second kappa shape index (κ2) is 11.5. The van der Waals surface area contributed by atoms with Crippen LogP contribution in [0.15, 0.2) is 51.1 Å². The zero-order valence-corrected chi connectivity index (χ0v) is 27.6. The standard InChI is InChI=1S/C28H33F6NO7S3/c1-25(2,3)44(39,40)20-7-8-22(23(16-20)43(6,37)38)24(36)35-11-9-17(10-12-35)26(4,5)45(41,42)21-14-18(27(29,30)31)13-19(15-21)28(32,33)34/h7-8,13-17H,9-12H2,1-6H3. The van der Waals surface area contributed by atoms with Crippen LogP contribution in [0.25, 0.3) is 0 Å². The highest BCUT2D eigenvalue weighted by atomic mass is 32.2. The fourth-order valence-electron chi connectivity index (χ4n) is 5.06. The van der Waals surface area contributed by atoms with E-state index in [1.165, 1.54) is 39.5 Å². The summed E-state index contributed by atoms with van der Waals surface area (Å²) < 4.78 is 155. The number of carbonyl (C=O) groups is 1. The zero-order chi connectivity index (χ0) is 34.8. The number of benzene rings is 2. The van der Waals surface area contributed by atoms with Gasteiger partial charge in [-0.1, -0.05) is 0 Å². The maximum absolute atomic E-state index is 13.6. The highest BCUT2D eigenvalue weighted by Gasteiger charge is 2.46. The van der Waals surface area contributed by atoms with E-state index in [2.05, 4.69) is 0 Å². The Bertz CT molecular complexity index is 1780. The van der Waals surface area contributed by atoms with Crippen LogP contribution in [0, 0.1) is 5.92 Å². The van der Waals surface area contributed by atoms with Crippen molar-refractivity contribution in [2.24, 2.45) is 5.92 Å². The molecule has 0 N–H and O–H groups in total. The van der Waals surface area contributed by atoms with Crippen LogP contribution in [-0.4, -0.2) is 64.9 Å². The van der Waals surface area contributed by atoms with E-state index in [1.54, 1.807) is 0 Å². The second-order valence-electron chi connectivity index (χ2n) is 12.5. The third-order valence-corrected chi connectivity index (χ3v) is 14.2. The van der Waals surface area contributed by atoms with Crippen molar-refractivity contribution in [3.63, 3.8) is 0 Å². The first kappa shape index (κ1) is 36.8. The Labute approximate surface area is 258 Å². The highest BCUT2D eigenvalue weighted by molar-refractivity contribution is 7.93. The molecule has 3 rings (SSSR count). The fourth-order valence-corrected chi connectivity index (χ4v) is 9.10. The Morgan fingerprint density at radius 3 is 1.58 bits per heavy atom. The van der Waals surface area contributed by atoms with Gasteiger partial charge in [-0.3, -0.25) is 4.79 Å². The molecule has 17 heteroatoms. The zero-order valence-electron chi connectivity index (χ0n) is 25.2. The molecular formula is C28H33F6NO7S3. The molecule has 2 aromatic rings. The van der Waals surface area contributed by atoms with Crippen molar-refractivity contribution in [1.82, 2.24) is 4.90 Å². The summed E-state index contributed by atoms with van der Waals surface area (Å²) in [5.74, 6) is -1.59. The van der Waals surface area contributed by atoms with Gasteiger partial charge in [-0.05, 0) is 89.8 Å². The molecule has 2 aromatic carbocycles. The molecule has 0 atom stereocenters. The number of piperidine rings is 1. The molecule has 1 aliphatic heterocycles. The maximum atomic E-state index is 13.6. The molecule has 45 heavy (non-hydrogen) atoms. The fraction of sp³-hybridized carbons (Fsp3) is 0.536. The summed E-state index contributed by atoms with van der Waals surface area (Å²) in [4.78, 5) is 12.7. The van der Waals surface area contributed by atoms with Gasteiger partial charge in [-0.2, -0.15) is 26.3 Å². The van der Waals surface area contributed by atoms with E-state index >= 15 is 0 Å². The van der Waals surface area contributed by atoms with Crippen molar-refractivity contribution in [2.45, 2.75) is 84.0 Å². The number of alkyl halides is 6. The predicted molar refractivity (Wildman–Crippen MR) is 153 cm³/mol. The second-order valence-corrected chi connectivity index (χ2v) is 19.7. The number of likely N-dealkylation sites (tertiary alicyclic amines) is 1. The molecule has 0 aromatic heterocycles. The maximum Gasteiger partial charge on any atom is 0.416 e. The van der Waals surface area contributed by atoms with Gasteiger partial charge >= 0.3 is 12.4 Å². The summed E-state index contributed by atoms with van der Waals surface area (Å²) in [6.45, 7) is 6.41. The summed E-state index contributed by atoms with van der Waals surface area (Å²) >= 11 is 0. The Balaban J connectivity index is 1.93. The van der Waals surface area contributed by atoms with Crippen molar-refractivity contribution in [3.05, 3.63) is 53.1 Å². The summed E-state index contributed by atoms with van der Waals surface area (Å²) in [5.41, 5.74) is -3.84. The smallest absolute Gasteiger partial charge is 0.339 e. The number of nitrogens with zero attached hydrogens (tertiary/aromatic N) is 1. The van der Waals surface area contributed by atoms with Gasteiger partial charge in [-0.25, -0.2) is 25.3 Å². The molecule has 0 bridgehead atoms. The summed E-state index contributed by atoms with van der Waals surface area (Å²) in [7, 11) is -12.9. The Hall–Kier alpha value is -2.66. The van der Waals surface area contributed by atoms with E-state index in [4.69, 9.17) is 0 Å².